The van der Waals surface area contributed by atoms with E-state index in [2.05, 4.69) is 36.5 Å². The Hall–Kier alpha value is -2.62. The number of nitrogens with one attached hydrogen (secondary N) is 1. The molecule has 0 radical (unpaired) electrons. The van der Waals surface area contributed by atoms with E-state index in [-0.39, 0.29) is 5.82 Å². The molecule has 0 atom stereocenters. The topological polar surface area (TPSA) is 29.9 Å². The lowest BCUT2D eigenvalue weighted by Crippen LogP contribution is -2.07. The number of hydrogen-bond acceptors (Lipinski definition) is 2. The number of benzene rings is 2. The van der Waals surface area contributed by atoms with Crippen LogP contribution in [0, 0.1) is 12.7 Å². The number of anilines is 1. The molecule has 1 aliphatic heterocycles. The third-order valence-corrected chi connectivity index (χ3v) is 4.74. The third kappa shape index (κ3) is 3.29. The molecule has 0 saturated carbocycles. The van der Waals surface area contributed by atoms with Crippen molar-refractivity contribution in [3.63, 3.8) is 0 Å². The summed E-state index contributed by atoms with van der Waals surface area (Å²) in [6, 6.07) is 15.1. The number of halogens is 1. The third-order valence-electron chi connectivity index (χ3n) is 4.74. The van der Waals surface area contributed by atoms with Crippen LogP contribution in [-0.4, -0.2) is 16.3 Å². The van der Waals surface area contributed by atoms with Gasteiger partial charge in [0, 0.05) is 18.5 Å². The van der Waals surface area contributed by atoms with E-state index >= 15 is 0 Å². The Kier molecular flexibility index (Phi) is 4.26. The first-order valence-electron chi connectivity index (χ1n) is 8.87. The molecule has 0 unspecified atom stereocenters. The van der Waals surface area contributed by atoms with Crippen molar-refractivity contribution in [1.82, 2.24) is 9.78 Å². The van der Waals surface area contributed by atoms with E-state index in [0.29, 0.717) is 0 Å². The molecule has 0 saturated heterocycles. The predicted molar refractivity (Wildman–Crippen MR) is 98.9 cm³/mol. The number of hydrogen-bond donors (Lipinski definition) is 1. The highest BCUT2D eigenvalue weighted by atomic mass is 19.1. The first kappa shape index (κ1) is 15.9. The predicted octanol–water partition coefficient (Wildman–Crippen LogP) is 4.66. The highest BCUT2D eigenvalue weighted by Gasteiger charge is 2.20. The zero-order valence-corrected chi connectivity index (χ0v) is 14.4. The SMILES string of the molecule is Cc1cccc(-n2nc(Cc3ccc(F)cc3)c3c2NCCCC3)c1. The van der Waals surface area contributed by atoms with Crippen LogP contribution in [-0.2, 0) is 12.8 Å². The van der Waals surface area contributed by atoms with Gasteiger partial charge in [-0.1, -0.05) is 24.3 Å². The van der Waals surface area contributed by atoms with Crippen LogP contribution >= 0.6 is 0 Å². The Labute approximate surface area is 147 Å². The van der Waals surface area contributed by atoms with E-state index in [9.17, 15) is 4.39 Å². The molecule has 3 nitrogen and oxygen atoms in total. The summed E-state index contributed by atoms with van der Waals surface area (Å²) in [5.74, 6) is 0.912. The van der Waals surface area contributed by atoms with Crippen molar-refractivity contribution in [3.05, 3.63) is 76.7 Å². The lowest BCUT2D eigenvalue weighted by Gasteiger charge is -2.09. The molecule has 4 heteroatoms. The average molecular weight is 335 g/mol. The van der Waals surface area contributed by atoms with E-state index in [0.717, 1.165) is 48.6 Å². The Morgan fingerprint density at radius 2 is 1.96 bits per heavy atom. The summed E-state index contributed by atoms with van der Waals surface area (Å²) in [5, 5.41) is 8.49. The minimum absolute atomic E-state index is 0.200. The maximum atomic E-state index is 13.2. The summed E-state index contributed by atoms with van der Waals surface area (Å²) >= 11 is 0. The van der Waals surface area contributed by atoms with Gasteiger partial charge in [-0.25, -0.2) is 9.07 Å². The highest BCUT2D eigenvalue weighted by molar-refractivity contribution is 5.55. The van der Waals surface area contributed by atoms with Crippen molar-refractivity contribution >= 4 is 5.82 Å². The molecule has 1 aliphatic rings. The van der Waals surface area contributed by atoms with E-state index in [1.807, 2.05) is 16.8 Å². The maximum Gasteiger partial charge on any atom is 0.133 e. The minimum atomic E-state index is -0.200. The number of nitrogens with zero attached hydrogens (tertiary/aromatic N) is 2. The van der Waals surface area contributed by atoms with Crippen LogP contribution in [0.25, 0.3) is 5.69 Å². The molecule has 0 amide bonds. The van der Waals surface area contributed by atoms with Crippen LogP contribution in [0.2, 0.25) is 0 Å². The molecular weight excluding hydrogens is 313 g/mol. The number of aryl methyl sites for hydroxylation is 1. The molecule has 0 fully saturated rings. The molecule has 1 N–H and O–H groups in total. The fraction of sp³-hybridized carbons (Fsp3) is 0.286. The molecule has 0 spiro atoms. The molecule has 1 aromatic heterocycles. The van der Waals surface area contributed by atoms with Gasteiger partial charge in [-0.3, -0.25) is 0 Å². The van der Waals surface area contributed by atoms with Crippen LogP contribution < -0.4 is 5.32 Å². The van der Waals surface area contributed by atoms with Crippen LogP contribution in [0.3, 0.4) is 0 Å². The van der Waals surface area contributed by atoms with Crippen LogP contribution in [0.1, 0.15) is 35.2 Å². The molecule has 0 aliphatic carbocycles. The monoisotopic (exact) mass is 335 g/mol. The van der Waals surface area contributed by atoms with Gasteiger partial charge >= 0.3 is 0 Å². The van der Waals surface area contributed by atoms with E-state index in [4.69, 9.17) is 5.10 Å². The van der Waals surface area contributed by atoms with Gasteiger partial charge in [-0.05, 0) is 61.6 Å². The van der Waals surface area contributed by atoms with Crippen molar-refractivity contribution in [2.45, 2.75) is 32.6 Å². The Morgan fingerprint density at radius 1 is 1.12 bits per heavy atom. The Morgan fingerprint density at radius 3 is 2.76 bits per heavy atom. The van der Waals surface area contributed by atoms with Gasteiger partial charge < -0.3 is 5.32 Å². The summed E-state index contributed by atoms with van der Waals surface area (Å²) in [6.07, 6.45) is 4.09. The zero-order valence-electron chi connectivity index (χ0n) is 14.4. The van der Waals surface area contributed by atoms with Crippen LogP contribution in [0.5, 0.6) is 0 Å². The van der Waals surface area contributed by atoms with Crippen molar-refractivity contribution < 1.29 is 4.39 Å². The summed E-state index contributed by atoms with van der Waals surface area (Å²) in [6.45, 7) is 3.07. The smallest absolute Gasteiger partial charge is 0.133 e. The van der Waals surface area contributed by atoms with Gasteiger partial charge in [-0.15, -0.1) is 0 Å². The summed E-state index contributed by atoms with van der Waals surface area (Å²) in [4.78, 5) is 0. The highest BCUT2D eigenvalue weighted by Crippen LogP contribution is 2.29. The van der Waals surface area contributed by atoms with Gasteiger partial charge in [0.2, 0.25) is 0 Å². The quantitative estimate of drug-likeness (QED) is 0.754. The first-order chi connectivity index (χ1) is 12.2. The molecule has 128 valence electrons. The van der Waals surface area contributed by atoms with E-state index in [1.165, 1.54) is 29.7 Å². The Bertz CT molecular complexity index is 881. The summed E-state index contributed by atoms with van der Waals surface area (Å²) in [5.41, 5.74) is 5.76. The van der Waals surface area contributed by atoms with Crippen molar-refractivity contribution in [2.24, 2.45) is 0 Å². The second-order valence-corrected chi connectivity index (χ2v) is 6.71. The number of aromatic nitrogens is 2. The lowest BCUT2D eigenvalue weighted by molar-refractivity contribution is 0.627. The maximum absolute atomic E-state index is 13.2. The molecule has 25 heavy (non-hydrogen) atoms. The number of fused-ring (bicyclic) bond motifs is 1. The fourth-order valence-corrected chi connectivity index (χ4v) is 3.46. The minimum Gasteiger partial charge on any atom is -0.370 e. The zero-order chi connectivity index (χ0) is 17.2. The van der Waals surface area contributed by atoms with E-state index in [1.54, 1.807) is 0 Å². The van der Waals surface area contributed by atoms with Gasteiger partial charge in [0.05, 0.1) is 11.4 Å². The van der Waals surface area contributed by atoms with Gasteiger partial charge in [0.25, 0.3) is 0 Å². The molecular formula is C21H22FN3. The molecule has 2 heterocycles. The standard InChI is InChI=1S/C21H22FN3/c1-15-5-4-6-18(13-15)25-21-19(7-2-3-12-23-21)20(24-25)14-16-8-10-17(22)11-9-16/h4-6,8-11,13,23H,2-3,7,12,14H2,1H3. The molecule has 4 rings (SSSR count). The molecule has 0 bridgehead atoms. The Balaban J connectivity index is 1.77. The largest absolute Gasteiger partial charge is 0.370 e. The van der Waals surface area contributed by atoms with Crippen LogP contribution in [0.15, 0.2) is 48.5 Å². The fourth-order valence-electron chi connectivity index (χ4n) is 3.46. The van der Waals surface area contributed by atoms with E-state index < -0.39 is 0 Å². The van der Waals surface area contributed by atoms with Crippen molar-refractivity contribution in [1.29, 1.82) is 0 Å². The van der Waals surface area contributed by atoms with Crippen molar-refractivity contribution in [2.75, 3.05) is 11.9 Å². The number of rotatable bonds is 3. The average Bonchev–Trinajstić information content (AvgIpc) is 2.79. The van der Waals surface area contributed by atoms with Gasteiger partial charge in [-0.2, -0.15) is 5.10 Å². The lowest BCUT2D eigenvalue weighted by atomic mass is 10.0. The summed E-state index contributed by atoms with van der Waals surface area (Å²) < 4.78 is 15.2. The molecule has 2 aromatic carbocycles. The van der Waals surface area contributed by atoms with Gasteiger partial charge in [0.15, 0.2) is 0 Å². The van der Waals surface area contributed by atoms with Crippen molar-refractivity contribution in [3.8, 4) is 5.69 Å². The normalized spacial score (nSPS) is 13.8. The second-order valence-electron chi connectivity index (χ2n) is 6.71. The van der Waals surface area contributed by atoms with Gasteiger partial charge in [0.1, 0.15) is 11.6 Å². The molecule has 3 aromatic rings. The second kappa shape index (κ2) is 6.71. The van der Waals surface area contributed by atoms with Crippen LogP contribution in [0.4, 0.5) is 10.2 Å². The summed E-state index contributed by atoms with van der Waals surface area (Å²) in [7, 11) is 0. The first-order valence-corrected chi connectivity index (χ1v) is 8.87.